The smallest absolute Gasteiger partial charge is 0.333 e. The van der Waals surface area contributed by atoms with E-state index in [1.165, 1.54) is 5.56 Å². The lowest BCUT2D eigenvalue weighted by molar-refractivity contribution is -0.384. The summed E-state index contributed by atoms with van der Waals surface area (Å²) in [5, 5.41) is 14.5. The van der Waals surface area contributed by atoms with Crippen molar-refractivity contribution in [1.29, 1.82) is 0 Å². The largest absolute Gasteiger partial charge is 0.487 e. The average molecular weight is 369 g/mol. The summed E-state index contributed by atoms with van der Waals surface area (Å²) in [7, 11) is 0. The van der Waals surface area contributed by atoms with Crippen molar-refractivity contribution in [3.8, 4) is 5.75 Å². The topological polar surface area (TPSA) is 84.7 Å². The lowest BCUT2D eigenvalue weighted by atomic mass is 10.1. The molecule has 27 heavy (non-hydrogen) atoms. The van der Waals surface area contributed by atoms with Gasteiger partial charge in [0.05, 0.1) is 11.5 Å². The van der Waals surface area contributed by atoms with Gasteiger partial charge in [-0.3, -0.25) is 14.9 Å². The molecule has 3 rings (SSSR count). The number of anilines is 1. The van der Waals surface area contributed by atoms with E-state index in [0.717, 1.165) is 5.56 Å². The summed E-state index contributed by atoms with van der Waals surface area (Å²) in [6.07, 6.45) is 0.598. The van der Waals surface area contributed by atoms with Crippen molar-refractivity contribution in [2.45, 2.75) is 32.9 Å². The predicted octanol–water partition coefficient (Wildman–Crippen LogP) is 3.51. The number of nitro groups is 1. The SMILES string of the molecule is CCOc1cccc(NC2CCN(Cc3ccc(C)cc3)C2=O)c1[N+](=O)[O-]. The molecule has 0 radical (unpaired) electrons. The fraction of sp³-hybridized carbons (Fsp3) is 0.350. The Morgan fingerprint density at radius 1 is 1.26 bits per heavy atom. The lowest BCUT2D eigenvalue weighted by Gasteiger charge is -2.18. The number of rotatable bonds is 7. The Kier molecular flexibility index (Phi) is 5.59. The molecule has 1 unspecified atom stereocenters. The van der Waals surface area contributed by atoms with Crippen LogP contribution in [-0.2, 0) is 11.3 Å². The van der Waals surface area contributed by atoms with Crippen LogP contribution in [0.15, 0.2) is 42.5 Å². The molecule has 0 spiro atoms. The van der Waals surface area contributed by atoms with Crippen LogP contribution in [0.3, 0.4) is 0 Å². The molecule has 2 aromatic carbocycles. The van der Waals surface area contributed by atoms with Gasteiger partial charge >= 0.3 is 5.69 Å². The van der Waals surface area contributed by atoms with Crippen molar-refractivity contribution < 1.29 is 14.5 Å². The first-order chi connectivity index (χ1) is 13.0. The molecule has 1 atom stereocenters. The Hall–Kier alpha value is -3.09. The minimum absolute atomic E-state index is 0.0494. The van der Waals surface area contributed by atoms with Crippen LogP contribution in [-0.4, -0.2) is 34.9 Å². The number of aryl methyl sites for hydroxylation is 1. The standard InChI is InChI=1S/C20H23N3O4/c1-3-27-18-6-4-5-16(19(18)23(25)26)21-17-11-12-22(20(17)24)13-15-9-7-14(2)8-10-15/h4-10,17,21H,3,11-13H2,1-2H3. The van der Waals surface area contributed by atoms with Crippen LogP contribution in [0, 0.1) is 17.0 Å². The molecule has 0 aliphatic carbocycles. The van der Waals surface area contributed by atoms with E-state index in [4.69, 9.17) is 4.74 Å². The van der Waals surface area contributed by atoms with Crippen molar-refractivity contribution >= 4 is 17.3 Å². The van der Waals surface area contributed by atoms with Crippen LogP contribution >= 0.6 is 0 Å². The molecule has 0 saturated carbocycles. The number of nitrogens with zero attached hydrogens (tertiary/aromatic N) is 2. The van der Waals surface area contributed by atoms with Crippen molar-refractivity contribution in [2.24, 2.45) is 0 Å². The summed E-state index contributed by atoms with van der Waals surface area (Å²) < 4.78 is 5.36. The molecule has 1 heterocycles. The van der Waals surface area contributed by atoms with Gasteiger partial charge in [-0.2, -0.15) is 0 Å². The number of likely N-dealkylation sites (tertiary alicyclic amines) is 1. The van der Waals surface area contributed by atoms with Crippen LogP contribution in [0.4, 0.5) is 11.4 Å². The van der Waals surface area contributed by atoms with E-state index in [-0.39, 0.29) is 17.3 Å². The van der Waals surface area contributed by atoms with Gasteiger partial charge in [0.25, 0.3) is 0 Å². The Morgan fingerprint density at radius 2 is 2.00 bits per heavy atom. The maximum Gasteiger partial charge on any atom is 0.333 e. The lowest BCUT2D eigenvalue weighted by Crippen LogP contribution is -2.33. The molecule has 2 aromatic rings. The van der Waals surface area contributed by atoms with E-state index < -0.39 is 11.0 Å². The highest BCUT2D eigenvalue weighted by Gasteiger charge is 2.33. The van der Waals surface area contributed by atoms with Gasteiger partial charge < -0.3 is 15.0 Å². The third kappa shape index (κ3) is 4.19. The van der Waals surface area contributed by atoms with Gasteiger partial charge in [-0.25, -0.2) is 0 Å². The third-order valence-corrected chi connectivity index (χ3v) is 4.60. The molecule has 1 fully saturated rings. The summed E-state index contributed by atoms with van der Waals surface area (Å²) in [6, 6.07) is 12.4. The number of nitro benzene ring substituents is 1. The Balaban J connectivity index is 1.73. The van der Waals surface area contributed by atoms with Crippen LogP contribution in [0.1, 0.15) is 24.5 Å². The van der Waals surface area contributed by atoms with Gasteiger partial charge in [-0.05, 0) is 38.0 Å². The minimum atomic E-state index is -0.481. The summed E-state index contributed by atoms with van der Waals surface area (Å²) in [6.45, 7) is 5.28. The molecule has 1 N–H and O–H groups in total. The van der Waals surface area contributed by atoms with Gasteiger partial charge in [-0.15, -0.1) is 0 Å². The number of carbonyl (C=O) groups is 1. The second-order valence-electron chi connectivity index (χ2n) is 6.57. The highest BCUT2D eigenvalue weighted by molar-refractivity contribution is 5.88. The quantitative estimate of drug-likeness (QED) is 0.596. The molecule has 1 amide bonds. The van der Waals surface area contributed by atoms with Gasteiger partial charge in [-0.1, -0.05) is 35.9 Å². The number of benzene rings is 2. The number of hydrogen-bond acceptors (Lipinski definition) is 5. The van der Waals surface area contributed by atoms with E-state index in [1.54, 1.807) is 30.0 Å². The first kappa shape index (κ1) is 18.7. The highest BCUT2D eigenvalue weighted by atomic mass is 16.6. The third-order valence-electron chi connectivity index (χ3n) is 4.60. The molecular formula is C20H23N3O4. The van der Waals surface area contributed by atoms with Crippen LogP contribution in [0.5, 0.6) is 5.75 Å². The van der Waals surface area contributed by atoms with Crippen LogP contribution < -0.4 is 10.1 Å². The number of para-hydroxylation sites is 1. The van der Waals surface area contributed by atoms with E-state index in [1.807, 2.05) is 31.2 Å². The summed E-state index contributed by atoms with van der Waals surface area (Å²) in [5.74, 6) is 0.154. The summed E-state index contributed by atoms with van der Waals surface area (Å²) >= 11 is 0. The van der Waals surface area contributed by atoms with Gasteiger partial charge in [0.15, 0.2) is 5.75 Å². The van der Waals surface area contributed by atoms with Crippen molar-refractivity contribution in [1.82, 2.24) is 4.90 Å². The highest BCUT2D eigenvalue weighted by Crippen LogP contribution is 2.36. The van der Waals surface area contributed by atoms with Crippen LogP contribution in [0.25, 0.3) is 0 Å². The number of nitrogens with one attached hydrogen (secondary N) is 1. The zero-order valence-electron chi connectivity index (χ0n) is 15.5. The molecule has 7 nitrogen and oxygen atoms in total. The maximum atomic E-state index is 12.7. The average Bonchev–Trinajstić information content (AvgIpc) is 2.97. The molecule has 1 aliphatic rings. The molecular weight excluding hydrogens is 346 g/mol. The van der Waals surface area contributed by atoms with Crippen molar-refractivity contribution in [3.63, 3.8) is 0 Å². The van der Waals surface area contributed by atoms with E-state index in [2.05, 4.69) is 5.32 Å². The molecule has 0 aromatic heterocycles. The van der Waals surface area contributed by atoms with Crippen molar-refractivity contribution in [2.75, 3.05) is 18.5 Å². The molecule has 0 bridgehead atoms. The number of amides is 1. The fourth-order valence-corrected chi connectivity index (χ4v) is 3.23. The Morgan fingerprint density at radius 3 is 2.67 bits per heavy atom. The zero-order valence-corrected chi connectivity index (χ0v) is 15.5. The Labute approximate surface area is 158 Å². The molecule has 1 saturated heterocycles. The number of hydrogen-bond donors (Lipinski definition) is 1. The fourth-order valence-electron chi connectivity index (χ4n) is 3.23. The molecule has 7 heteroatoms. The Bertz CT molecular complexity index is 836. The van der Waals surface area contributed by atoms with E-state index in [0.29, 0.717) is 31.8 Å². The molecule has 142 valence electrons. The van der Waals surface area contributed by atoms with Gasteiger partial charge in [0.1, 0.15) is 11.7 Å². The predicted molar refractivity (Wildman–Crippen MR) is 103 cm³/mol. The number of carbonyl (C=O) groups excluding carboxylic acids is 1. The normalized spacial score (nSPS) is 16.4. The second-order valence-corrected chi connectivity index (χ2v) is 6.57. The summed E-state index contributed by atoms with van der Waals surface area (Å²) in [5.41, 5.74) is 2.41. The monoisotopic (exact) mass is 369 g/mol. The van der Waals surface area contributed by atoms with Crippen LogP contribution in [0.2, 0.25) is 0 Å². The van der Waals surface area contributed by atoms with Gasteiger partial charge in [0, 0.05) is 13.1 Å². The first-order valence-corrected chi connectivity index (χ1v) is 9.00. The van der Waals surface area contributed by atoms with E-state index >= 15 is 0 Å². The summed E-state index contributed by atoms with van der Waals surface area (Å²) in [4.78, 5) is 25.5. The van der Waals surface area contributed by atoms with E-state index in [9.17, 15) is 14.9 Å². The maximum absolute atomic E-state index is 12.7. The number of ether oxygens (including phenoxy) is 1. The second kappa shape index (κ2) is 8.07. The first-order valence-electron chi connectivity index (χ1n) is 9.00. The minimum Gasteiger partial charge on any atom is -0.487 e. The molecule has 1 aliphatic heterocycles. The van der Waals surface area contributed by atoms with Gasteiger partial charge in [0.2, 0.25) is 5.91 Å². The van der Waals surface area contributed by atoms with Crippen molar-refractivity contribution in [3.05, 3.63) is 63.7 Å². The zero-order chi connectivity index (χ0) is 19.4.